The molecule has 126 valence electrons. The molecule has 1 heterocycles. The maximum absolute atomic E-state index is 5.49. The lowest BCUT2D eigenvalue weighted by molar-refractivity contribution is -0.162. The Kier molecular flexibility index (Phi) is 4.25. The van der Waals surface area contributed by atoms with Crippen LogP contribution in [0.4, 0.5) is 0 Å². The van der Waals surface area contributed by atoms with Gasteiger partial charge in [-0.25, -0.2) is 0 Å². The first-order valence-electron chi connectivity index (χ1n) is 9.69. The summed E-state index contributed by atoms with van der Waals surface area (Å²) < 4.78 is 5.49. The highest BCUT2D eigenvalue weighted by Crippen LogP contribution is 2.66. The zero-order valence-electron chi connectivity index (χ0n) is 14.6. The highest BCUT2D eigenvalue weighted by atomic mass is 16.5. The Morgan fingerprint density at radius 1 is 0.955 bits per heavy atom. The Morgan fingerprint density at radius 2 is 1.59 bits per heavy atom. The van der Waals surface area contributed by atoms with Crippen LogP contribution in [0.2, 0.25) is 0 Å². The van der Waals surface area contributed by atoms with E-state index in [0.29, 0.717) is 5.41 Å². The highest BCUT2D eigenvalue weighted by Gasteiger charge is 2.59. The summed E-state index contributed by atoms with van der Waals surface area (Å²) in [5.74, 6) is 4.54. The van der Waals surface area contributed by atoms with Crippen molar-refractivity contribution < 1.29 is 4.74 Å². The summed E-state index contributed by atoms with van der Waals surface area (Å²) in [4.78, 5) is 5.33. The van der Waals surface area contributed by atoms with E-state index in [1.807, 2.05) is 0 Å². The first-order valence-corrected chi connectivity index (χ1v) is 9.69. The van der Waals surface area contributed by atoms with Gasteiger partial charge in [0.1, 0.15) is 0 Å². The first-order chi connectivity index (χ1) is 10.7. The van der Waals surface area contributed by atoms with Crippen molar-refractivity contribution in [3.63, 3.8) is 0 Å². The third kappa shape index (κ3) is 2.85. The Labute approximate surface area is 136 Å². The zero-order valence-corrected chi connectivity index (χ0v) is 14.6. The number of nitrogens with zero attached hydrogens (tertiary/aromatic N) is 2. The monoisotopic (exact) mass is 306 g/mol. The van der Waals surface area contributed by atoms with E-state index >= 15 is 0 Å². The minimum Gasteiger partial charge on any atom is -0.380 e. The van der Waals surface area contributed by atoms with Crippen molar-refractivity contribution in [1.82, 2.24) is 9.80 Å². The first kappa shape index (κ1) is 15.4. The number of ether oxygens (including phenoxy) is 1. The summed E-state index contributed by atoms with van der Waals surface area (Å²) in [6.45, 7) is 13.9. The summed E-state index contributed by atoms with van der Waals surface area (Å²) in [5, 5.41) is 0. The Bertz CT molecular complexity index is 375. The van der Waals surface area contributed by atoms with Gasteiger partial charge in [-0.3, -0.25) is 4.90 Å². The van der Waals surface area contributed by atoms with Crippen molar-refractivity contribution in [2.75, 3.05) is 52.5 Å². The fourth-order valence-corrected chi connectivity index (χ4v) is 6.23. The lowest BCUT2D eigenvalue weighted by Gasteiger charge is -2.66. The number of hydrogen-bond donors (Lipinski definition) is 0. The van der Waals surface area contributed by atoms with Gasteiger partial charge in [0.15, 0.2) is 0 Å². The second-order valence-electron chi connectivity index (χ2n) is 8.86. The van der Waals surface area contributed by atoms with Gasteiger partial charge in [0.05, 0.1) is 6.61 Å². The molecule has 0 aromatic carbocycles. The highest BCUT2D eigenvalue weighted by molar-refractivity contribution is 5.09. The molecule has 0 bridgehead atoms. The Balaban J connectivity index is 1.23. The molecule has 0 N–H and O–H groups in total. The molecule has 0 aromatic rings. The number of rotatable bonds is 6. The molecule has 0 amide bonds. The van der Waals surface area contributed by atoms with Gasteiger partial charge in [-0.15, -0.1) is 0 Å². The van der Waals surface area contributed by atoms with Crippen molar-refractivity contribution in [2.24, 2.45) is 29.1 Å². The van der Waals surface area contributed by atoms with E-state index in [1.54, 1.807) is 12.8 Å². The fourth-order valence-electron chi connectivity index (χ4n) is 6.23. The van der Waals surface area contributed by atoms with Gasteiger partial charge in [0.25, 0.3) is 0 Å². The van der Waals surface area contributed by atoms with E-state index in [1.165, 1.54) is 51.5 Å². The molecule has 2 unspecified atom stereocenters. The Hall–Kier alpha value is -0.120. The average Bonchev–Trinajstić information content (AvgIpc) is 2.45. The van der Waals surface area contributed by atoms with Crippen molar-refractivity contribution in [3.05, 3.63) is 0 Å². The van der Waals surface area contributed by atoms with Gasteiger partial charge in [0, 0.05) is 45.9 Å². The van der Waals surface area contributed by atoms with Crippen molar-refractivity contribution >= 4 is 0 Å². The van der Waals surface area contributed by atoms with Crippen molar-refractivity contribution in [1.29, 1.82) is 0 Å². The quantitative estimate of drug-likeness (QED) is 0.702. The molecule has 4 rings (SSSR count). The molecule has 2 atom stereocenters. The van der Waals surface area contributed by atoms with Gasteiger partial charge in [-0.2, -0.15) is 0 Å². The molecule has 3 aliphatic carbocycles. The molecule has 3 heteroatoms. The van der Waals surface area contributed by atoms with E-state index in [-0.39, 0.29) is 0 Å². The van der Waals surface area contributed by atoms with Crippen LogP contribution in [0.15, 0.2) is 0 Å². The molecular weight excluding hydrogens is 272 g/mol. The Morgan fingerprint density at radius 3 is 2.18 bits per heavy atom. The molecule has 1 saturated heterocycles. The molecule has 0 spiro atoms. The summed E-state index contributed by atoms with van der Waals surface area (Å²) in [6, 6.07) is 0. The molecule has 4 aliphatic rings. The molecule has 0 aromatic heterocycles. The van der Waals surface area contributed by atoms with Crippen LogP contribution in [0.5, 0.6) is 0 Å². The summed E-state index contributed by atoms with van der Waals surface area (Å²) >= 11 is 0. The van der Waals surface area contributed by atoms with E-state index in [9.17, 15) is 0 Å². The van der Waals surface area contributed by atoms with Gasteiger partial charge >= 0.3 is 0 Å². The van der Waals surface area contributed by atoms with Crippen LogP contribution < -0.4 is 0 Å². The molecule has 4 fully saturated rings. The normalized spacial score (nSPS) is 45.0. The van der Waals surface area contributed by atoms with Crippen LogP contribution in [0.25, 0.3) is 0 Å². The van der Waals surface area contributed by atoms with E-state index < -0.39 is 0 Å². The second-order valence-corrected chi connectivity index (χ2v) is 8.86. The van der Waals surface area contributed by atoms with Crippen LogP contribution in [0.1, 0.15) is 39.5 Å². The van der Waals surface area contributed by atoms with E-state index in [2.05, 4.69) is 23.6 Å². The van der Waals surface area contributed by atoms with Crippen LogP contribution >= 0.6 is 0 Å². The van der Waals surface area contributed by atoms with Crippen LogP contribution in [0, 0.1) is 29.1 Å². The van der Waals surface area contributed by atoms with Crippen LogP contribution in [-0.4, -0.2) is 62.3 Å². The minimum absolute atomic E-state index is 0.616. The standard InChI is InChI=1S/C19H34N2O/c1-3-22-9-8-20-4-6-21(7-5-20)14-19(2)12-16-10-15-11-17(13-19)18(15)16/h15-18H,3-14H2,1-2H3. The minimum atomic E-state index is 0.616. The third-order valence-corrected chi connectivity index (χ3v) is 7.18. The third-order valence-electron chi connectivity index (χ3n) is 7.18. The lowest BCUT2D eigenvalue weighted by atomic mass is 9.40. The molecular formula is C19H34N2O. The maximum atomic E-state index is 5.49. The van der Waals surface area contributed by atoms with Crippen molar-refractivity contribution in [2.45, 2.75) is 39.5 Å². The van der Waals surface area contributed by atoms with Gasteiger partial charge < -0.3 is 9.64 Å². The SMILES string of the molecule is CCOCCN1CCN(CC2(C)CC3CC4CC(C2)C43)CC1. The summed E-state index contributed by atoms with van der Waals surface area (Å²) in [7, 11) is 0. The fraction of sp³-hybridized carbons (Fsp3) is 1.00. The van der Waals surface area contributed by atoms with Crippen LogP contribution in [0.3, 0.4) is 0 Å². The van der Waals surface area contributed by atoms with Gasteiger partial charge in [-0.05, 0) is 61.7 Å². The maximum Gasteiger partial charge on any atom is 0.0593 e. The molecule has 0 radical (unpaired) electrons. The molecule has 1 aliphatic heterocycles. The van der Waals surface area contributed by atoms with E-state index in [4.69, 9.17) is 4.74 Å². The topological polar surface area (TPSA) is 15.7 Å². The largest absolute Gasteiger partial charge is 0.380 e. The molecule has 3 saturated carbocycles. The predicted octanol–water partition coefficient (Wildman–Crippen LogP) is 2.71. The lowest BCUT2D eigenvalue weighted by Crippen LogP contribution is -2.59. The average molecular weight is 306 g/mol. The van der Waals surface area contributed by atoms with E-state index in [0.717, 1.165) is 37.5 Å². The van der Waals surface area contributed by atoms with Gasteiger partial charge in [-0.1, -0.05) is 6.92 Å². The number of hydrogen-bond acceptors (Lipinski definition) is 3. The molecule has 3 nitrogen and oxygen atoms in total. The predicted molar refractivity (Wildman–Crippen MR) is 89.9 cm³/mol. The number of piperazine rings is 1. The second kappa shape index (κ2) is 6.07. The molecule has 22 heavy (non-hydrogen) atoms. The van der Waals surface area contributed by atoms with Crippen LogP contribution in [-0.2, 0) is 4.74 Å². The van der Waals surface area contributed by atoms with Crippen molar-refractivity contribution in [3.8, 4) is 0 Å². The smallest absolute Gasteiger partial charge is 0.0593 e. The van der Waals surface area contributed by atoms with Gasteiger partial charge in [0.2, 0.25) is 0 Å². The summed E-state index contributed by atoms with van der Waals surface area (Å²) in [6.07, 6.45) is 6.19. The summed E-state index contributed by atoms with van der Waals surface area (Å²) in [5.41, 5.74) is 0.616. The zero-order chi connectivity index (χ0) is 15.2.